The second kappa shape index (κ2) is 16.1. The Labute approximate surface area is 241 Å². The predicted octanol–water partition coefficient (Wildman–Crippen LogP) is 4.55. The van der Waals surface area contributed by atoms with Crippen molar-refractivity contribution in [1.29, 1.82) is 0 Å². The summed E-state index contributed by atoms with van der Waals surface area (Å²) in [6.45, 7) is 1.35. The number of piperidine rings is 1. The number of likely N-dealkylation sites (N-methyl/N-ethyl adjacent to an activating group) is 1. The van der Waals surface area contributed by atoms with E-state index in [2.05, 4.69) is 16.0 Å². The zero-order valence-electron chi connectivity index (χ0n) is 23.1. The SMILES string of the molecule is CN(Cc1cc(CNC(=O)Nc2cc(Cl)cc(CCCCCCCCN)c2)ccc1C=O)C1CCC(=O)NC1=O. The second-order valence-corrected chi connectivity index (χ2v) is 10.8. The van der Waals surface area contributed by atoms with E-state index in [1.807, 2.05) is 23.1 Å². The van der Waals surface area contributed by atoms with E-state index in [1.165, 1.54) is 19.3 Å². The van der Waals surface area contributed by atoms with Gasteiger partial charge in [-0.15, -0.1) is 0 Å². The molecule has 0 radical (unpaired) electrons. The molecule has 1 fully saturated rings. The number of carbonyl (C=O) groups excluding carboxylic acids is 4. The lowest BCUT2D eigenvalue weighted by molar-refractivity contribution is -0.137. The molecule has 2 aromatic rings. The molecule has 2 aromatic carbocycles. The highest BCUT2D eigenvalue weighted by atomic mass is 35.5. The maximum absolute atomic E-state index is 12.6. The van der Waals surface area contributed by atoms with Crippen LogP contribution in [-0.4, -0.2) is 48.7 Å². The second-order valence-electron chi connectivity index (χ2n) is 10.3. The minimum Gasteiger partial charge on any atom is -0.334 e. The highest BCUT2D eigenvalue weighted by Crippen LogP contribution is 2.22. The van der Waals surface area contributed by atoms with Crippen molar-refractivity contribution in [2.24, 2.45) is 5.73 Å². The van der Waals surface area contributed by atoms with Crippen LogP contribution in [-0.2, 0) is 29.1 Å². The van der Waals surface area contributed by atoms with Crippen LogP contribution >= 0.6 is 11.6 Å². The number of imide groups is 1. The lowest BCUT2D eigenvalue weighted by Gasteiger charge is -2.30. The molecule has 4 amide bonds. The van der Waals surface area contributed by atoms with Crippen LogP contribution in [0.15, 0.2) is 36.4 Å². The third kappa shape index (κ3) is 10.0. The number of nitrogens with one attached hydrogen (secondary N) is 3. The van der Waals surface area contributed by atoms with E-state index in [9.17, 15) is 19.2 Å². The number of nitrogens with two attached hydrogens (primary N) is 1. The van der Waals surface area contributed by atoms with Gasteiger partial charge in [0.25, 0.3) is 0 Å². The number of halogens is 1. The molecule has 1 aliphatic rings. The number of unbranched alkanes of at least 4 members (excludes halogenated alkanes) is 5. The third-order valence-corrected chi connectivity index (χ3v) is 7.30. The van der Waals surface area contributed by atoms with Crippen molar-refractivity contribution >= 4 is 41.4 Å². The minimum absolute atomic E-state index is 0.248. The number of hydrogen-bond acceptors (Lipinski definition) is 6. The Hall–Kier alpha value is -3.27. The van der Waals surface area contributed by atoms with E-state index in [4.69, 9.17) is 17.3 Å². The van der Waals surface area contributed by atoms with Gasteiger partial charge in [-0.1, -0.05) is 55.5 Å². The first-order valence-corrected chi connectivity index (χ1v) is 14.3. The zero-order chi connectivity index (χ0) is 28.9. The Bertz CT molecular complexity index is 1190. The van der Waals surface area contributed by atoms with Crippen molar-refractivity contribution in [2.75, 3.05) is 18.9 Å². The van der Waals surface area contributed by atoms with E-state index in [0.29, 0.717) is 29.2 Å². The summed E-state index contributed by atoms with van der Waals surface area (Å²) in [5.41, 5.74) is 9.31. The Morgan fingerprint density at radius 3 is 2.55 bits per heavy atom. The van der Waals surface area contributed by atoms with Crippen molar-refractivity contribution in [3.63, 3.8) is 0 Å². The van der Waals surface area contributed by atoms with Gasteiger partial charge in [0.1, 0.15) is 6.29 Å². The molecule has 0 saturated carbocycles. The number of aldehydes is 1. The van der Waals surface area contributed by atoms with Crippen molar-refractivity contribution in [3.05, 3.63) is 63.7 Å². The van der Waals surface area contributed by atoms with Crippen LogP contribution in [0.1, 0.15) is 78.4 Å². The molecule has 5 N–H and O–H groups in total. The van der Waals surface area contributed by atoms with E-state index < -0.39 is 6.04 Å². The van der Waals surface area contributed by atoms with E-state index >= 15 is 0 Å². The molecule has 0 spiro atoms. The third-order valence-electron chi connectivity index (χ3n) is 7.08. The largest absolute Gasteiger partial charge is 0.334 e. The molecular weight excluding hydrogens is 530 g/mol. The normalized spacial score (nSPS) is 15.2. The fourth-order valence-corrected chi connectivity index (χ4v) is 5.17. The molecule has 1 unspecified atom stereocenters. The van der Waals surface area contributed by atoms with Crippen LogP contribution in [0.2, 0.25) is 5.02 Å². The van der Waals surface area contributed by atoms with Gasteiger partial charge in [-0.25, -0.2) is 4.79 Å². The van der Waals surface area contributed by atoms with Crippen LogP contribution in [0, 0.1) is 0 Å². The molecular formula is C30H40ClN5O4. The van der Waals surface area contributed by atoms with E-state index in [-0.39, 0.29) is 30.8 Å². The molecule has 1 saturated heterocycles. The number of hydrogen-bond donors (Lipinski definition) is 4. The topological polar surface area (TPSA) is 134 Å². The number of urea groups is 1. The summed E-state index contributed by atoms with van der Waals surface area (Å²) in [5, 5.41) is 8.64. The number of rotatable bonds is 15. The van der Waals surface area contributed by atoms with Gasteiger partial charge >= 0.3 is 6.03 Å². The highest BCUT2D eigenvalue weighted by molar-refractivity contribution is 6.31. The predicted molar refractivity (Wildman–Crippen MR) is 157 cm³/mol. The molecule has 40 heavy (non-hydrogen) atoms. The molecule has 216 valence electrons. The molecule has 1 heterocycles. The molecule has 1 atom stereocenters. The molecule has 9 nitrogen and oxygen atoms in total. The van der Waals surface area contributed by atoms with Crippen molar-refractivity contribution in [3.8, 4) is 0 Å². The van der Waals surface area contributed by atoms with Gasteiger partial charge in [-0.05, 0) is 74.2 Å². The van der Waals surface area contributed by atoms with Gasteiger partial charge in [0.05, 0.1) is 6.04 Å². The first-order chi connectivity index (χ1) is 19.3. The van der Waals surface area contributed by atoms with Crippen LogP contribution in [0.5, 0.6) is 0 Å². The Balaban J connectivity index is 1.52. The quantitative estimate of drug-likeness (QED) is 0.141. The van der Waals surface area contributed by atoms with Gasteiger partial charge in [-0.3, -0.25) is 24.6 Å². The first kappa shape index (κ1) is 31.3. The summed E-state index contributed by atoms with van der Waals surface area (Å²) in [6.07, 6.45) is 9.25. The van der Waals surface area contributed by atoms with Gasteiger partial charge in [0.2, 0.25) is 11.8 Å². The summed E-state index contributed by atoms with van der Waals surface area (Å²) in [5.74, 6) is -0.600. The Morgan fingerprint density at radius 1 is 1.07 bits per heavy atom. The molecule has 0 aliphatic carbocycles. The number of carbonyl (C=O) groups is 4. The number of amides is 4. The van der Waals surface area contributed by atoms with Crippen molar-refractivity contribution < 1.29 is 19.2 Å². The molecule has 3 rings (SSSR count). The summed E-state index contributed by atoms with van der Waals surface area (Å²) < 4.78 is 0. The van der Waals surface area contributed by atoms with Gasteiger partial charge in [0.15, 0.2) is 0 Å². The smallest absolute Gasteiger partial charge is 0.319 e. The lowest BCUT2D eigenvalue weighted by Crippen LogP contribution is -2.51. The van der Waals surface area contributed by atoms with Crippen LogP contribution in [0.3, 0.4) is 0 Å². The number of aryl methyl sites for hydroxylation is 1. The molecule has 1 aliphatic heterocycles. The monoisotopic (exact) mass is 569 g/mol. The number of nitrogens with zero attached hydrogens (tertiary/aromatic N) is 1. The Kier molecular flexibility index (Phi) is 12.6. The molecule has 0 bridgehead atoms. The number of benzene rings is 2. The van der Waals surface area contributed by atoms with Gasteiger partial charge < -0.3 is 16.4 Å². The minimum atomic E-state index is -0.450. The fourth-order valence-electron chi connectivity index (χ4n) is 4.91. The van der Waals surface area contributed by atoms with Crippen LogP contribution in [0.25, 0.3) is 0 Å². The molecule has 10 heteroatoms. The summed E-state index contributed by atoms with van der Waals surface area (Å²) >= 11 is 6.31. The lowest BCUT2D eigenvalue weighted by atomic mass is 10.0. The number of anilines is 1. The van der Waals surface area contributed by atoms with Crippen molar-refractivity contribution in [2.45, 2.75) is 76.9 Å². The first-order valence-electron chi connectivity index (χ1n) is 13.9. The summed E-state index contributed by atoms with van der Waals surface area (Å²) in [4.78, 5) is 49.8. The standard InChI is InChI=1S/C30H40ClN5O4/c1-36(27-11-12-28(38)35-29(27)39)19-24-14-22(9-10-23(24)20-37)18-33-30(40)34-26-16-21(15-25(31)17-26)8-6-4-2-3-5-7-13-32/h9-10,14-17,20,27H,2-8,11-13,18-19,32H2,1H3,(H2,33,34,40)(H,35,38,39). The maximum atomic E-state index is 12.6. The van der Waals surface area contributed by atoms with Gasteiger partial charge in [0, 0.05) is 35.8 Å². The summed E-state index contributed by atoms with van der Waals surface area (Å²) in [7, 11) is 1.79. The van der Waals surface area contributed by atoms with Crippen LogP contribution < -0.4 is 21.7 Å². The average molecular weight is 570 g/mol. The fraction of sp³-hybridized carbons (Fsp3) is 0.467. The molecule has 0 aromatic heterocycles. The maximum Gasteiger partial charge on any atom is 0.319 e. The zero-order valence-corrected chi connectivity index (χ0v) is 23.9. The Morgan fingerprint density at radius 2 is 1.82 bits per heavy atom. The van der Waals surface area contributed by atoms with E-state index in [0.717, 1.165) is 55.2 Å². The van der Waals surface area contributed by atoms with E-state index in [1.54, 1.807) is 25.2 Å². The van der Waals surface area contributed by atoms with Gasteiger partial charge in [-0.2, -0.15) is 0 Å². The average Bonchev–Trinajstić information content (AvgIpc) is 2.91. The summed E-state index contributed by atoms with van der Waals surface area (Å²) in [6, 6.07) is 10.1. The van der Waals surface area contributed by atoms with Crippen LogP contribution in [0.4, 0.5) is 10.5 Å². The van der Waals surface area contributed by atoms with Crippen molar-refractivity contribution in [1.82, 2.24) is 15.5 Å². The highest BCUT2D eigenvalue weighted by Gasteiger charge is 2.30.